The third-order valence-electron chi connectivity index (χ3n) is 5.09. The molecule has 148 valence electrons. The minimum absolute atomic E-state index is 0.0341. The van der Waals surface area contributed by atoms with E-state index in [1.54, 1.807) is 32.4 Å². The Morgan fingerprint density at radius 3 is 2.31 bits per heavy atom. The predicted molar refractivity (Wildman–Crippen MR) is 101 cm³/mol. The van der Waals surface area contributed by atoms with E-state index >= 15 is 0 Å². The highest BCUT2D eigenvalue weighted by Gasteiger charge is 2.31. The van der Waals surface area contributed by atoms with Crippen LogP contribution in [0.15, 0.2) is 4.90 Å². The summed E-state index contributed by atoms with van der Waals surface area (Å²) < 4.78 is 35.3. The SMILES string of the molecule is CCOC(=O)c1c(S(=O)(=O)NCCN2CCCCCC2)c(C)n(C)c1C. The highest BCUT2D eigenvalue weighted by Crippen LogP contribution is 2.26. The molecule has 2 rings (SSSR count). The van der Waals surface area contributed by atoms with Gasteiger partial charge >= 0.3 is 5.97 Å². The van der Waals surface area contributed by atoms with Crippen molar-refractivity contribution < 1.29 is 17.9 Å². The zero-order valence-corrected chi connectivity index (χ0v) is 17.1. The van der Waals surface area contributed by atoms with Gasteiger partial charge in [0.2, 0.25) is 10.0 Å². The average molecular weight is 386 g/mol. The molecule has 0 saturated carbocycles. The molecule has 1 saturated heterocycles. The number of carbonyl (C=O) groups excluding carboxylic acids is 1. The number of hydrogen-bond acceptors (Lipinski definition) is 5. The summed E-state index contributed by atoms with van der Waals surface area (Å²) in [6.07, 6.45) is 4.81. The third-order valence-corrected chi connectivity index (χ3v) is 6.71. The van der Waals surface area contributed by atoms with Crippen molar-refractivity contribution in [2.24, 2.45) is 7.05 Å². The van der Waals surface area contributed by atoms with E-state index in [4.69, 9.17) is 4.74 Å². The highest BCUT2D eigenvalue weighted by atomic mass is 32.2. The second kappa shape index (κ2) is 9.01. The normalized spacial score (nSPS) is 16.5. The molecule has 0 unspecified atom stereocenters. The summed E-state index contributed by atoms with van der Waals surface area (Å²) in [6.45, 7) is 8.38. The summed E-state index contributed by atoms with van der Waals surface area (Å²) in [5, 5.41) is 0. The molecule has 8 heteroatoms. The fraction of sp³-hybridized carbons (Fsp3) is 0.722. The van der Waals surface area contributed by atoms with Crippen LogP contribution in [0.2, 0.25) is 0 Å². The molecule has 0 radical (unpaired) electrons. The molecule has 1 aliphatic heterocycles. The Morgan fingerprint density at radius 1 is 1.12 bits per heavy atom. The largest absolute Gasteiger partial charge is 0.462 e. The minimum atomic E-state index is -3.79. The Morgan fingerprint density at radius 2 is 1.73 bits per heavy atom. The number of ether oxygens (including phenoxy) is 1. The molecule has 2 heterocycles. The molecular formula is C18H31N3O4S. The smallest absolute Gasteiger partial charge is 0.341 e. The molecule has 1 fully saturated rings. The zero-order valence-electron chi connectivity index (χ0n) is 16.3. The molecule has 0 aliphatic carbocycles. The lowest BCUT2D eigenvalue weighted by Crippen LogP contribution is -2.36. The number of nitrogens with one attached hydrogen (secondary N) is 1. The van der Waals surface area contributed by atoms with Crippen molar-refractivity contribution in [3.05, 3.63) is 17.0 Å². The van der Waals surface area contributed by atoms with E-state index in [-0.39, 0.29) is 17.1 Å². The summed E-state index contributed by atoms with van der Waals surface area (Å²) in [5.74, 6) is -0.596. The lowest BCUT2D eigenvalue weighted by Gasteiger charge is -2.19. The van der Waals surface area contributed by atoms with Crippen molar-refractivity contribution in [3.63, 3.8) is 0 Å². The maximum absolute atomic E-state index is 12.9. The number of sulfonamides is 1. The first kappa shape index (κ1) is 20.9. The minimum Gasteiger partial charge on any atom is -0.462 e. The van der Waals surface area contributed by atoms with Crippen LogP contribution in [0.3, 0.4) is 0 Å². The summed E-state index contributed by atoms with van der Waals surface area (Å²) in [5.41, 5.74) is 1.26. The summed E-state index contributed by atoms with van der Waals surface area (Å²) in [4.78, 5) is 14.7. The lowest BCUT2D eigenvalue weighted by molar-refractivity contribution is 0.0521. The fourth-order valence-corrected chi connectivity index (χ4v) is 4.99. The zero-order chi connectivity index (χ0) is 19.3. The Hall–Kier alpha value is -1.38. The molecule has 1 N–H and O–H groups in total. The van der Waals surface area contributed by atoms with Gasteiger partial charge in [0.1, 0.15) is 10.5 Å². The van der Waals surface area contributed by atoms with Crippen molar-refractivity contribution >= 4 is 16.0 Å². The van der Waals surface area contributed by atoms with E-state index in [2.05, 4.69) is 9.62 Å². The number of nitrogens with zero attached hydrogens (tertiary/aromatic N) is 2. The number of hydrogen-bond donors (Lipinski definition) is 1. The second-order valence-corrected chi connectivity index (χ2v) is 8.51. The van der Waals surface area contributed by atoms with Gasteiger partial charge in [-0.2, -0.15) is 0 Å². The highest BCUT2D eigenvalue weighted by molar-refractivity contribution is 7.89. The second-order valence-electron chi connectivity index (χ2n) is 6.81. The molecule has 0 bridgehead atoms. The molecule has 0 atom stereocenters. The van der Waals surface area contributed by atoms with E-state index in [0.717, 1.165) is 25.9 Å². The molecule has 1 aliphatic rings. The van der Waals surface area contributed by atoms with Crippen molar-refractivity contribution in [3.8, 4) is 0 Å². The van der Waals surface area contributed by atoms with Crippen LogP contribution in [0.4, 0.5) is 0 Å². The van der Waals surface area contributed by atoms with Crippen molar-refractivity contribution in [2.45, 2.75) is 51.3 Å². The molecule has 0 spiro atoms. The fourth-order valence-electron chi connectivity index (χ4n) is 3.46. The number of esters is 1. The van der Waals surface area contributed by atoms with Gasteiger partial charge in [-0.15, -0.1) is 0 Å². The van der Waals surface area contributed by atoms with Crippen LogP contribution in [0.1, 0.15) is 54.4 Å². The monoisotopic (exact) mass is 385 g/mol. The summed E-state index contributed by atoms with van der Waals surface area (Å²) in [7, 11) is -2.04. The van der Waals surface area contributed by atoms with E-state index in [1.807, 2.05) is 0 Å². The van der Waals surface area contributed by atoms with E-state index in [0.29, 0.717) is 24.5 Å². The molecule has 1 aromatic heterocycles. The van der Waals surface area contributed by atoms with Gasteiger partial charge in [-0.05, 0) is 46.7 Å². The van der Waals surface area contributed by atoms with Gasteiger partial charge in [0.25, 0.3) is 0 Å². The van der Waals surface area contributed by atoms with E-state index in [1.165, 1.54) is 12.8 Å². The first-order chi connectivity index (χ1) is 12.3. The van der Waals surface area contributed by atoms with Crippen LogP contribution in [0.5, 0.6) is 0 Å². The van der Waals surface area contributed by atoms with Crippen molar-refractivity contribution in [1.29, 1.82) is 0 Å². The summed E-state index contributed by atoms with van der Waals surface area (Å²) >= 11 is 0. The van der Waals surface area contributed by atoms with Gasteiger partial charge in [0.05, 0.1) is 6.61 Å². The topological polar surface area (TPSA) is 80.6 Å². The lowest BCUT2D eigenvalue weighted by atomic mass is 10.2. The first-order valence-corrected chi connectivity index (χ1v) is 10.8. The molecule has 1 aromatic rings. The molecule has 26 heavy (non-hydrogen) atoms. The number of carbonyl (C=O) groups is 1. The molecule has 0 amide bonds. The van der Waals surface area contributed by atoms with E-state index in [9.17, 15) is 13.2 Å². The van der Waals surface area contributed by atoms with Gasteiger partial charge < -0.3 is 14.2 Å². The number of likely N-dealkylation sites (tertiary alicyclic amines) is 1. The van der Waals surface area contributed by atoms with Gasteiger partial charge in [0.15, 0.2) is 0 Å². The Kier molecular flexibility index (Phi) is 7.25. The van der Waals surface area contributed by atoms with Gasteiger partial charge in [-0.1, -0.05) is 12.8 Å². The number of rotatable bonds is 7. The maximum atomic E-state index is 12.9. The van der Waals surface area contributed by atoms with Crippen LogP contribution in [0, 0.1) is 13.8 Å². The van der Waals surface area contributed by atoms with Gasteiger partial charge in [-0.3, -0.25) is 0 Å². The van der Waals surface area contributed by atoms with Crippen LogP contribution in [0.25, 0.3) is 0 Å². The van der Waals surface area contributed by atoms with Crippen LogP contribution >= 0.6 is 0 Å². The first-order valence-electron chi connectivity index (χ1n) is 9.34. The third kappa shape index (κ3) is 4.66. The standard InChI is InChI=1S/C18H31N3O4S/c1-5-25-18(22)16-14(2)20(4)15(3)17(16)26(23,24)19-10-13-21-11-8-6-7-9-12-21/h19H,5-13H2,1-4H3. The Labute approximate surface area is 156 Å². The Bertz CT molecular complexity index is 732. The summed E-state index contributed by atoms with van der Waals surface area (Å²) in [6, 6.07) is 0. The number of aromatic nitrogens is 1. The molecular weight excluding hydrogens is 354 g/mol. The average Bonchev–Trinajstić information content (AvgIpc) is 2.77. The molecule has 0 aromatic carbocycles. The predicted octanol–water partition coefficient (Wildman–Crippen LogP) is 1.97. The quantitative estimate of drug-likeness (QED) is 0.726. The van der Waals surface area contributed by atoms with Gasteiger partial charge in [-0.25, -0.2) is 17.9 Å². The van der Waals surface area contributed by atoms with Crippen LogP contribution in [-0.2, 0) is 21.8 Å². The van der Waals surface area contributed by atoms with Crippen molar-refractivity contribution in [1.82, 2.24) is 14.2 Å². The maximum Gasteiger partial charge on any atom is 0.341 e. The van der Waals surface area contributed by atoms with Crippen LogP contribution < -0.4 is 4.72 Å². The van der Waals surface area contributed by atoms with Gasteiger partial charge in [0, 0.05) is 31.5 Å². The van der Waals surface area contributed by atoms with E-state index < -0.39 is 16.0 Å². The van der Waals surface area contributed by atoms with Crippen LogP contribution in [-0.4, -0.2) is 56.6 Å². The molecule has 7 nitrogen and oxygen atoms in total. The Balaban J connectivity index is 2.17. The van der Waals surface area contributed by atoms with Crippen molar-refractivity contribution in [2.75, 3.05) is 32.8 Å².